The van der Waals surface area contributed by atoms with Crippen LogP contribution in [0.3, 0.4) is 0 Å². The van der Waals surface area contributed by atoms with Crippen LogP contribution in [0.4, 0.5) is 4.39 Å². The maximum absolute atomic E-state index is 11.7. The summed E-state index contributed by atoms with van der Waals surface area (Å²) in [5.41, 5.74) is 1.10. The molecule has 0 bridgehead atoms. The van der Waals surface area contributed by atoms with E-state index in [1.807, 2.05) is 31.2 Å². The molecule has 0 amide bonds. The van der Waals surface area contributed by atoms with Gasteiger partial charge in [0.15, 0.2) is 0 Å². The molecule has 0 heterocycles. The van der Waals surface area contributed by atoms with Gasteiger partial charge >= 0.3 is 0 Å². The SMILES string of the molecule is Cc1cccc(OCC(O)COCCF)c1. The lowest BCUT2D eigenvalue weighted by Gasteiger charge is -2.12. The molecular weight excluding hydrogens is 211 g/mol. The molecule has 16 heavy (non-hydrogen) atoms. The number of rotatable bonds is 7. The number of halogens is 1. The van der Waals surface area contributed by atoms with Gasteiger partial charge in [0.2, 0.25) is 0 Å². The standard InChI is InChI=1S/C12H17FO3/c1-10-3-2-4-12(7-10)16-9-11(14)8-15-6-5-13/h2-4,7,11,14H,5-6,8-9H2,1H3. The third-order valence-electron chi connectivity index (χ3n) is 1.96. The van der Waals surface area contributed by atoms with Crippen molar-refractivity contribution in [2.24, 2.45) is 0 Å². The van der Waals surface area contributed by atoms with Crippen LogP contribution in [-0.2, 0) is 4.74 Å². The molecule has 0 saturated heterocycles. The fraction of sp³-hybridized carbons (Fsp3) is 0.500. The molecule has 1 aromatic carbocycles. The van der Waals surface area contributed by atoms with Gasteiger partial charge in [-0.15, -0.1) is 0 Å². The molecule has 1 unspecified atom stereocenters. The molecule has 1 aromatic rings. The quantitative estimate of drug-likeness (QED) is 0.722. The number of hydrogen-bond donors (Lipinski definition) is 1. The van der Waals surface area contributed by atoms with E-state index in [4.69, 9.17) is 9.47 Å². The highest BCUT2D eigenvalue weighted by Gasteiger charge is 2.05. The molecule has 1 atom stereocenters. The first kappa shape index (κ1) is 12.9. The van der Waals surface area contributed by atoms with E-state index in [9.17, 15) is 9.50 Å². The van der Waals surface area contributed by atoms with Crippen LogP contribution in [0.15, 0.2) is 24.3 Å². The van der Waals surface area contributed by atoms with E-state index in [0.717, 1.165) is 5.56 Å². The fourth-order valence-electron chi connectivity index (χ4n) is 1.22. The number of aliphatic hydroxyl groups is 1. The summed E-state index contributed by atoms with van der Waals surface area (Å²) in [5, 5.41) is 9.43. The summed E-state index contributed by atoms with van der Waals surface area (Å²) in [7, 11) is 0. The number of ether oxygens (including phenoxy) is 2. The second-order valence-corrected chi connectivity index (χ2v) is 3.55. The third kappa shape index (κ3) is 5.09. The average molecular weight is 228 g/mol. The van der Waals surface area contributed by atoms with E-state index in [1.165, 1.54) is 0 Å². The first-order valence-corrected chi connectivity index (χ1v) is 5.23. The minimum absolute atomic E-state index is 0.0154. The van der Waals surface area contributed by atoms with E-state index in [1.54, 1.807) is 0 Å². The van der Waals surface area contributed by atoms with Crippen LogP contribution in [0, 0.1) is 6.92 Å². The lowest BCUT2D eigenvalue weighted by molar-refractivity contribution is 0.00841. The summed E-state index contributed by atoms with van der Waals surface area (Å²) in [6.45, 7) is 1.69. The van der Waals surface area contributed by atoms with Gasteiger partial charge in [0.1, 0.15) is 25.1 Å². The van der Waals surface area contributed by atoms with Gasteiger partial charge in [0.05, 0.1) is 13.2 Å². The Morgan fingerprint density at radius 1 is 1.38 bits per heavy atom. The highest BCUT2D eigenvalue weighted by Crippen LogP contribution is 2.12. The van der Waals surface area contributed by atoms with Crippen molar-refractivity contribution in [3.8, 4) is 5.75 Å². The van der Waals surface area contributed by atoms with E-state index < -0.39 is 12.8 Å². The molecule has 0 radical (unpaired) electrons. The van der Waals surface area contributed by atoms with Crippen LogP contribution >= 0.6 is 0 Å². The summed E-state index contributed by atoms with van der Waals surface area (Å²) in [5.74, 6) is 0.713. The van der Waals surface area contributed by atoms with Crippen LogP contribution in [0.5, 0.6) is 5.75 Å². The number of hydrogen-bond acceptors (Lipinski definition) is 3. The van der Waals surface area contributed by atoms with Gasteiger partial charge in [0, 0.05) is 0 Å². The molecule has 0 aromatic heterocycles. The summed E-state index contributed by atoms with van der Waals surface area (Å²) in [4.78, 5) is 0. The number of aliphatic hydroxyl groups excluding tert-OH is 1. The Bertz CT molecular complexity index is 304. The Morgan fingerprint density at radius 3 is 2.88 bits per heavy atom. The third-order valence-corrected chi connectivity index (χ3v) is 1.96. The number of alkyl halides is 1. The smallest absolute Gasteiger partial charge is 0.119 e. The Hall–Kier alpha value is -1.13. The Kier molecular flexibility index (Phi) is 5.82. The molecule has 4 heteroatoms. The molecule has 3 nitrogen and oxygen atoms in total. The fourth-order valence-corrected chi connectivity index (χ4v) is 1.22. The van der Waals surface area contributed by atoms with Crippen molar-refractivity contribution < 1.29 is 19.0 Å². The second-order valence-electron chi connectivity index (χ2n) is 3.55. The van der Waals surface area contributed by atoms with Crippen molar-refractivity contribution in [1.82, 2.24) is 0 Å². The molecular formula is C12H17FO3. The van der Waals surface area contributed by atoms with Crippen molar-refractivity contribution in [2.45, 2.75) is 13.0 Å². The second kappa shape index (κ2) is 7.19. The van der Waals surface area contributed by atoms with Gasteiger partial charge in [-0.1, -0.05) is 12.1 Å². The summed E-state index contributed by atoms with van der Waals surface area (Å²) < 4.78 is 21.9. The van der Waals surface area contributed by atoms with Crippen LogP contribution < -0.4 is 4.74 Å². The zero-order valence-corrected chi connectivity index (χ0v) is 9.36. The Morgan fingerprint density at radius 2 is 2.19 bits per heavy atom. The first-order chi connectivity index (χ1) is 7.72. The molecule has 0 aliphatic carbocycles. The molecule has 0 aliphatic rings. The highest BCUT2D eigenvalue weighted by molar-refractivity contribution is 5.27. The van der Waals surface area contributed by atoms with E-state index in [0.29, 0.717) is 5.75 Å². The Labute approximate surface area is 94.8 Å². The Balaban J connectivity index is 2.23. The van der Waals surface area contributed by atoms with Crippen molar-refractivity contribution in [1.29, 1.82) is 0 Å². The lowest BCUT2D eigenvalue weighted by Crippen LogP contribution is -2.23. The van der Waals surface area contributed by atoms with E-state index in [-0.39, 0.29) is 19.8 Å². The molecule has 0 aliphatic heterocycles. The predicted molar refractivity (Wildman–Crippen MR) is 59.5 cm³/mol. The summed E-state index contributed by atoms with van der Waals surface area (Å²) in [6, 6.07) is 7.56. The zero-order valence-electron chi connectivity index (χ0n) is 9.36. The van der Waals surface area contributed by atoms with Crippen molar-refractivity contribution in [3.63, 3.8) is 0 Å². The molecule has 0 fully saturated rings. The normalized spacial score (nSPS) is 12.4. The van der Waals surface area contributed by atoms with E-state index in [2.05, 4.69) is 0 Å². The minimum atomic E-state index is -0.730. The first-order valence-electron chi connectivity index (χ1n) is 5.23. The van der Waals surface area contributed by atoms with Crippen molar-refractivity contribution in [2.75, 3.05) is 26.5 Å². The molecule has 90 valence electrons. The van der Waals surface area contributed by atoms with Gasteiger partial charge < -0.3 is 14.6 Å². The van der Waals surface area contributed by atoms with Gasteiger partial charge in [-0.2, -0.15) is 0 Å². The molecule has 0 spiro atoms. The zero-order chi connectivity index (χ0) is 11.8. The van der Waals surface area contributed by atoms with E-state index >= 15 is 0 Å². The van der Waals surface area contributed by atoms with Gasteiger partial charge in [0.25, 0.3) is 0 Å². The molecule has 1 N–H and O–H groups in total. The summed E-state index contributed by atoms with van der Waals surface area (Å²) >= 11 is 0. The van der Waals surface area contributed by atoms with Crippen LogP contribution in [-0.4, -0.2) is 37.7 Å². The van der Waals surface area contributed by atoms with Crippen molar-refractivity contribution in [3.05, 3.63) is 29.8 Å². The number of benzene rings is 1. The van der Waals surface area contributed by atoms with Gasteiger partial charge in [-0.3, -0.25) is 0 Å². The van der Waals surface area contributed by atoms with Crippen molar-refractivity contribution >= 4 is 0 Å². The largest absolute Gasteiger partial charge is 0.491 e. The maximum atomic E-state index is 11.7. The predicted octanol–water partition coefficient (Wildman–Crippen LogP) is 1.72. The summed E-state index contributed by atoms with van der Waals surface area (Å²) in [6.07, 6.45) is -0.730. The molecule has 0 saturated carbocycles. The van der Waals surface area contributed by atoms with Crippen LogP contribution in [0.1, 0.15) is 5.56 Å². The maximum Gasteiger partial charge on any atom is 0.119 e. The number of aryl methyl sites for hydroxylation is 1. The van der Waals surface area contributed by atoms with Gasteiger partial charge in [-0.25, -0.2) is 4.39 Å². The average Bonchev–Trinajstić information content (AvgIpc) is 2.27. The van der Waals surface area contributed by atoms with Gasteiger partial charge in [-0.05, 0) is 24.6 Å². The van der Waals surface area contributed by atoms with Crippen LogP contribution in [0.2, 0.25) is 0 Å². The minimum Gasteiger partial charge on any atom is -0.491 e. The highest BCUT2D eigenvalue weighted by atomic mass is 19.1. The lowest BCUT2D eigenvalue weighted by atomic mass is 10.2. The van der Waals surface area contributed by atoms with Crippen LogP contribution in [0.25, 0.3) is 0 Å². The monoisotopic (exact) mass is 228 g/mol. The topological polar surface area (TPSA) is 38.7 Å². The molecule has 1 rings (SSSR count).